The number of aldehydes is 1. The minimum Gasteiger partial charge on any atom is -0.303 e. The van der Waals surface area contributed by atoms with Crippen LogP contribution in [-0.4, -0.2) is 15.2 Å². The molecule has 2 nitrogen and oxygen atoms in total. The van der Waals surface area contributed by atoms with Gasteiger partial charge in [-0.25, -0.2) is 0 Å². The van der Waals surface area contributed by atoms with Crippen LogP contribution in [0.5, 0.6) is 0 Å². The van der Waals surface area contributed by atoms with Gasteiger partial charge in [-0.1, -0.05) is 0 Å². The molecule has 0 amide bonds. The molecule has 71 valence electrons. The van der Waals surface area contributed by atoms with Crippen LogP contribution in [0, 0.1) is 30.4 Å². The largest absolute Gasteiger partial charge is 0.303 e. The van der Waals surface area contributed by atoms with E-state index < -0.39 is 10.8 Å². The van der Waals surface area contributed by atoms with Crippen molar-refractivity contribution in [3.63, 3.8) is 0 Å². The highest BCUT2D eigenvalue weighted by Crippen LogP contribution is 2.38. The lowest BCUT2D eigenvalue weighted by Crippen LogP contribution is -2.28. The molecule has 0 saturated heterocycles. The third kappa shape index (κ3) is 2.39. The van der Waals surface area contributed by atoms with E-state index in [0.717, 1.165) is 6.29 Å². The fraction of sp³-hybridized carbons (Fsp3) is 0.400. The van der Waals surface area contributed by atoms with Crippen molar-refractivity contribution in [1.29, 1.82) is 0 Å². The van der Waals surface area contributed by atoms with Crippen molar-refractivity contribution in [1.82, 2.24) is 0 Å². The minimum absolute atomic E-state index is 0.313. The molecule has 0 aliphatic heterocycles. The molecule has 1 aliphatic carbocycles. The van der Waals surface area contributed by atoms with E-state index in [9.17, 15) is 9.00 Å². The number of hydrogen-bond donors (Lipinski definition) is 0. The second kappa shape index (κ2) is 3.91. The van der Waals surface area contributed by atoms with Gasteiger partial charge in [0.1, 0.15) is 6.29 Å². The Hall–Kier alpha value is -0.180. The average Bonchev–Trinajstić information content (AvgIpc) is 2.48. The molecule has 3 heteroatoms. The fourth-order valence-electron chi connectivity index (χ4n) is 1.01. The molecule has 1 aliphatic rings. The molecule has 0 bridgehead atoms. The van der Waals surface area contributed by atoms with Gasteiger partial charge < -0.3 is 4.79 Å². The van der Waals surface area contributed by atoms with Gasteiger partial charge in [-0.05, 0) is 40.0 Å². The lowest BCUT2D eigenvalue weighted by atomic mass is 10.1. The van der Waals surface area contributed by atoms with Crippen molar-refractivity contribution in [3.8, 4) is 0 Å². The summed E-state index contributed by atoms with van der Waals surface area (Å²) < 4.78 is 11.5. The molecule has 1 rings (SSSR count). The van der Waals surface area contributed by atoms with Gasteiger partial charge in [0.15, 0.2) is 0 Å². The summed E-state index contributed by atoms with van der Waals surface area (Å²) >= 11 is 0. The van der Waals surface area contributed by atoms with Crippen molar-refractivity contribution in [2.24, 2.45) is 0 Å². The highest BCUT2D eigenvalue weighted by Gasteiger charge is 2.38. The zero-order chi connectivity index (χ0) is 10.1. The first kappa shape index (κ1) is 10.9. The fourth-order valence-corrected chi connectivity index (χ4v) is 2.21. The highest BCUT2D eigenvalue weighted by atomic mass is 32.2. The van der Waals surface area contributed by atoms with Crippen molar-refractivity contribution in [2.45, 2.75) is 25.5 Å². The Morgan fingerprint density at radius 2 is 1.92 bits per heavy atom. The van der Waals surface area contributed by atoms with E-state index in [1.165, 1.54) is 0 Å². The Kier molecular flexibility index (Phi) is 3.28. The van der Waals surface area contributed by atoms with Gasteiger partial charge in [0.25, 0.3) is 0 Å². The maximum absolute atomic E-state index is 11.9. The Morgan fingerprint density at radius 1 is 1.31 bits per heavy atom. The molecule has 0 spiro atoms. The summed E-state index contributed by atoms with van der Waals surface area (Å²) in [6.07, 6.45) is 5.93. The van der Waals surface area contributed by atoms with E-state index in [4.69, 9.17) is 0 Å². The number of carbonyl (C=O) groups excluding carboxylic acids is 1. The maximum Gasteiger partial charge on any atom is 0.129 e. The first-order valence-corrected chi connectivity index (χ1v) is 5.24. The van der Waals surface area contributed by atoms with Crippen molar-refractivity contribution < 1.29 is 9.00 Å². The Bertz CT molecular complexity index is 217. The molecule has 0 N–H and O–H groups in total. The van der Waals surface area contributed by atoms with Gasteiger partial charge >= 0.3 is 0 Å². The van der Waals surface area contributed by atoms with Crippen LogP contribution in [0.4, 0.5) is 0 Å². The Morgan fingerprint density at radius 3 is 2.38 bits per heavy atom. The number of carbonyl (C=O) groups is 1. The van der Waals surface area contributed by atoms with E-state index in [0.29, 0.717) is 11.2 Å². The maximum atomic E-state index is 11.9. The summed E-state index contributed by atoms with van der Waals surface area (Å²) in [7, 11) is -1.11. The van der Waals surface area contributed by atoms with E-state index in [-0.39, 0.29) is 4.75 Å². The van der Waals surface area contributed by atoms with Crippen molar-refractivity contribution in [2.75, 3.05) is 0 Å². The van der Waals surface area contributed by atoms with Crippen LogP contribution < -0.4 is 0 Å². The van der Waals surface area contributed by atoms with E-state index in [1.54, 1.807) is 19.3 Å². The summed E-state index contributed by atoms with van der Waals surface area (Å²) in [5, 5.41) is 0.641. The quantitative estimate of drug-likeness (QED) is 0.628. The Balaban J connectivity index is 2.71. The van der Waals surface area contributed by atoms with Gasteiger partial charge in [0.2, 0.25) is 0 Å². The molecular weight excluding hydrogens is 184 g/mol. The summed E-state index contributed by atoms with van der Waals surface area (Å²) in [6.45, 7) is 5.68. The van der Waals surface area contributed by atoms with Crippen molar-refractivity contribution in [3.05, 3.63) is 30.4 Å². The molecule has 5 radical (unpaired) electrons. The molecular formula is C10H13O2S. The average molecular weight is 197 g/mol. The van der Waals surface area contributed by atoms with Gasteiger partial charge in [-0.15, -0.1) is 0 Å². The predicted octanol–water partition coefficient (Wildman–Crippen LogP) is 1.47. The van der Waals surface area contributed by atoms with E-state index in [1.807, 2.05) is 20.8 Å². The second-order valence-electron chi connectivity index (χ2n) is 3.84. The number of rotatable bonds is 2. The van der Waals surface area contributed by atoms with Gasteiger partial charge in [-0.2, -0.15) is 0 Å². The monoisotopic (exact) mass is 197 g/mol. The topological polar surface area (TPSA) is 34.1 Å². The SMILES string of the molecule is CC(C)(C)[S@@](=O)[C]1[CH][CH][CH][C]1C=O. The highest BCUT2D eigenvalue weighted by molar-refractivity contribution is 7.89. The summed E-state index contributed by atoms with van der Waals surface area (Å²) in [5.74, 6) is 0.535. The molecule has 0 heterocycles. The molecule has 1 atom stereocenters. The molecule has 1 saturated carbocycles. The van der Waals surface area contributed by atoms with Gasteiger partial charge in [0, 0.05) is 15.5 Å². The zero-order valence-corrected chi connectivity index (χ0v) is 8.85. The Labute approximate surface area is 82.6 Å². The molecule has 0 aromatic carbocycles. The third-order valence-corrected chi connectivity index (χ3v) is 3.57. The van der Waals surface area contributed by atoms with Crippen LogP contribution >= 0.6 is 0 Å². The molecule has 0 unspecified atom stereocenters. The normalized spacial score (nSPS) is 23.3. The lowest BCUT2D eigenvalue weighted by Gasteiger charge is -2.23. The van der Waals surface area contributed by atoms with Crippen LogP contribution in [0.2, 0.25) is 0 Å². The predicted molar refractivity (Wildman–Crippen MR) is 53.3 cm³/mol. The standard InChI is InChI=1S/C10H13O2S/c1-10(2,3)13(12)9-6-4-5-8(9)7-11/h4-7H,1-3H3/t13-/m0/s1. The van der Waals surface area contributed by atoms with Gasteiger partial charge in [-0.3, -0.25) is 4.21 Å². The zero-order valence-electron chi connectivity index (χ0n) is 8.03. The van der Waals surface area contributed by atoms with Crippen molar-refractivity contribution >= 4 is 17.1 Å². The molecule has 1 fully saturated rings. The van der Waals surface area contributed by atoms with Crippen LogP contribution in [0.3, 0.4) is 0 Å². The van der Waals surface area contributed by atoms with Crippen LogP contribution in [0.1, 0.15) is 20.8 Å². The number of hydrogen-bond acceptors (Lipinski definition) is 2. The molecule has 0 aromatic rings. The molecule has 0 aromatic heterocycles. The summed E-state index contributed by atoms with van der Waals surface area (Å²) in [4.78, 5) is 10.6. The second-order valence-corrected chi connectivity index (χ2v) is 6.05. The minimum atomic E-state index is -1.11. The lowest BCUT2D eigenvalue weighted by molar-refractivity contribution is -0.105. The van der Waals surface area contributed by atoms with Crippen LogP contribution in [-0.2, 0) is 15.6 Å². The van der Waals surface area contributed by atoms with E-state index >= 15 is 0 Å². The smallest absolute Gasteiger partial charge is 0.129 e. The van der Waals surface area contributed by atoms with Gasteiger partial charge in [0.05, 0.1) is 11.2 Å². The third-order valence-electron chi connectivity index (χ3n) is 1.69. The summed E-state index contributed by atoms with van der Waals surface area (Å²) in [5.41, 5.74) is 0. The first-order chi connectivity index (χ1) is 5.96. The van der Waals surface area contributed by atoms with Crippen LogP contribution in [0.25, 0.3) is 0 Å². The summed E-state index contributed by atoms with van der Waals surface area (Å²) in [6, 6.07) is 0. The molecule has 13 heavy (non-hydrogen) atoms. The first-order valence-electron chi connectivity index (χ1n) is 4.09. The van der Waals surface area contributed by atoms with Crippen LogP contribution in [0.15, 0.2) is 0 Å². The van der Waals surface area contributed by atoms with E-state index in [2.05, 4.69) is 0 Å².